The van der Waals surface area contributed by atoms with E-state index in [1.54, 1.807) is 18.2 Å². The number of nitrogens with one attached hydrogen (secondary N) is 1. The van der Waals surface area contributed by atoms with E-state index in [0.717, 1.165) is 5.56 Å². The summed E-state index contributed by atoms with van der Waals surface area (Å²) in [5, 5.41) is 3.51. The van der Waals surface area contributed by atoms with Gasteiger partial charge in [0.15, 0.2) is 0 Å². The van der Waals surface area contributed by atoms with Crippen LogP contribution in [0.3, 0.4) is 0 Å². The Hall–Kier alpha value is -2.28. The lowest BCUT2D eigenvalue weighted by molar-refractivity contribution is 0.0950. The van der Waals surface area contributed by atoms with Gasteiger partial charge >= 0.3 is 0 Å². The number of carbonyl (C=O) groups is 1. The lowest BCUT2D eigenvalue weighted by Crippen LogP contribution is -2.23. The van der Waals surface area contributed by atoms with Crippen LogP contribution in [-0.4, -0.2) is 12.5 Å². The van der Waals surface area contributed by atoms with E-state index in [1.165, 1.54) is 0 Å². The Morgan fingerprint density at radius 3 is 2.76 bits per heavy atom. The summed E-state index contributed by atoms with van der Waals surface area (Å²) in [6, 6.07) is 14.6. The molecule has 1 amide bonds. The number of hydrogen-bond donors (Lipinski definition) is 2. The van der Waals surface area contributed by atoms with Crippen molar-refractivity contribution < 1.29 is 4.79 Å². The predicted molar refractivity (Wildman–Crippen MR) is 85.0 cm³/mol. The Morgan fingerprint density at radius 1 is 1.19 bits per heavy atom. The van der Waals surface area contributed by atoms with Gasteiger partial charge in [-0.25, -0.2) is 0 Å². The first-order valence-electron chi connectivity index (χ1n) is 6.51. The molecule has 0 radical (unpaired) electrons. The van der Waals surface area contributed by atoms with Gasteiger partial charge in [0.25, 0.3) is 5.91 Å². The molecule has 2 aromatic carbocycles. The molecular formula is C17H15ClN2O. The number of hydrogen-bond acceptors (Lipinski definition) is 2. The van der Waals surface area contributed by atoms with Crippen LogP contribution < -0.4 is 11.1 Å². The molecule has 21 heavy (non-hydrogen) atoms. The highest BCUT2D eigenvalue weighted by atomic mass is 35.5. The second-order valence-corrected chi connectivity index (χ2v) is 4.80. The number of carbonyl (C=O) groups excluding carboxylic acids is 1. The molecule has 0 unspecified atom stereocenters. The summed E-state index contributed by atoms with van der Waals surface area (Å²) in [7, 11) is 0. The van der Waals surface area contributed by atoms with Crippen LogP contribution >= 0.6 is 11.6 Å². The standard InChI is InChI=1S/C17H15ClN2O/c18-15-8-3-5-13(11-15)12-20-17(21)16-9-2-1-6-14(16)7-4-10-19/h1-3,5-6,8-9,11H,10,12,19H2,(H,20,21). The molecule has 0 heterocycles. The zero-order valence-electron chi connectivity index (χ0n) is 11.4. The quantitative estimate of drug-likeness (QED) is 0.856. The fraction of sp³-hybridized carbons (Fsp3) is 0.118. The molecule has 0 saturated heterocycles. The molecule has 0 aliphatic rings. The molecule has 0 aliphatic carbocycles. The zero-order chi connectivity index (χ0) is 15.1. The summed E-state index contributed by atoms with van der Waals surface area (Å²) in [6.45, 7) is 0.677. The molecule has 3 nitrogen and oxygen atoms in total. The average molecular weight is 299 g/mol. The van der Waals surface area contributed by atoms with E-state index in [-0.39, 0.29) is 12.5 Å². The van der Waals surface area contributed by atoms with E-state index >= 15 is 0 Å². The maximum Gasteiger partial charge on any atom is 0.252 e. The van der Waals surface area contributed by atoms with Crippen LogP contribution in [0.25, 0.3) is 0 Å². The number of amides is 1. The topological polar surface area (TPSA) is 55.1 Å². The molecule has 0 saturated carbocycles. The highest BCUT2D eigenvalue weighted by molar-refractivity contribution is 6.30. The number of benzene rings is 2. The first-order chi connectivity index (χ1) is 10.2. The van der Waals surface area contributed by atoms with Gasteiger partial charge in [-0.1, -0.05) is 47.7 Å². The van der Waals surface area contributed by atoms with Crippen LogP contribution in [-0.2, 0) is 6.54 Å². The van der Waals surface area contributed by atoms with Crippen molar-refractivity contribution in [1.82, 2.24) is 5.32 Å². The SMILES string of the molecule is NCC#Cc1ccccc1C(=O)NCc1cccc(Cl)c1. The minimum Gasteiger partial charge on any atom is -0.348 e. The van der Waals surface area contributed by atoms with Gasteiger partial charge < -0.3 is 11.1 Å². The van der Waals surface area contributed by atoms with E-state index in [1.807, 2.05) is 30.3 Å². The summed E-state index contributed by atoms with van der Waals surface area (Å²) >= 11 is 5.92. The van der Waals surface area contributed by atoms with Crippen LogP contribution in [0.4, 0.5) is 0 Å². The predicted octanol–water partition coefficient (Wildman–Crippen LogP) is 2.58. The fourth-order valence-corrected chi connectivity index (χ4v) is 2.07. The summed E-state index contributed by atoms with van der Waals surface area (Å²) < 4.78 is 0. The van der Waals surface area contributed by atoms with Crippen LogP contribution in [0.2, 0.25) is 5.02 Å². The summed E-state index contributed by atoms with van der Waals surface area (Å²) in [5.41, 5.74) is 7.53. The lowest BCUT2D eigenvalue weighted by atomic mass is 10.1. The molecular weight excluding hydrogens is 284 g/mol. The van der Waals surface area contributed by atoms with Gasteiger partial charge in [-0.3, -0.25) is 4.79 Å². The summed E-state index contributed by atoms with van der Waals surface area (Å²) in [5.74, 6) is 5.50. The molecule has 0 atom stereocenters. The molecule has 4 heteroatoms. The van der Waals surface area contributed by atoms with Gasteiger partial charge in [0.1, 0.15) is 0 Å². The lowest BCUT2D eigenvalue weighted by Gasteiger charge is -2.07. The van der Waals surface area contributed by atoms with Gasteiger partial charge in [-0.05, 0) is 29.8 Å². The molecule has 3 N–H and O–H groups in total. The van der Waals surface area contributed by atoms with Crippen molar-refractivity contribution in [3.05, 3.63) is 70.2 Å². The normalized spacial score (nSPS) is 9.62. The second-order valence-electron chi connectivity index (χ2n) is 4.36. The van der Waals surface area contributed by atoms with Crippen molar-refractivity contribution >= 4 is 17.5 Å². The maximum atomic E-state index is 12.2. The van der Waals surface area contributed by atoms with Crippen molar-refractivity contribution in [3.63, 3.8) is 0 Å². The van der Waals surface area contributed by atoms with Gasteiger partial charge in [0, 0.05) is 17.1 Å². The Labute approximate surface area is 129 Å². The van der Waals surface area contributed by atoms with E-state index in [2.05, 4.69) is 17.2 Å². The van der Waals surface area contributed by atoms with Gasteiger partial charge in [-0.15, -0.1) is 0 Å². The first-order valence-corrected chi connectivity index (χ1v) is 6.89. The molecule has 0 spiro atoms. The van der Waals surface area contributed by atoms with Crippen molar-refractivity contribution in [2.45, 2.75) is 6.54 Å². The van der Waals surface area contributed by atoms with Crippen molar-refractivity contribution in [2.24, 2.45) is 5.73 Å². The zero-order valence-corrected chi connectivity index (χ0v) is 12.2. The average Bonchev–Trinajstić information content (AvgIpc) is 2.51. The highest BCUT2D eigenvalue weighted by Crippen LogP contribution is 2.11. The van der Waals surface area contributed by atoms with Gasteiger partial charge in [0.2, 0.25) is 0 Å². The molecule has 106 valence electrons. The Balaban J connectivity index is 2.10. The number of rotatable bonds is 3. The van der Waals surface area contributed by atoms with Crippen molar-refractivity contribution in [2.75, 3.05) is 6.54 Å². The van der Waals surface area contributed by atoms with Crippen LogP contribution in [0, 0.1) is 11.8 Å². The molecule has 0 aliphatic heterocycles. The Bertz CT molecular complexity index is 701. The van der Waals surface area contributed by atoms with Crippen molar-refractivity contribution in [1.29, 1.82) is 0 Å². The smallest absolute Gasteiger partial charge is 0.252 e. The minimum atomic E-state index is -0.170. The van der Waals surface area contributed by atoms with E-state index in [9.17, 15) is 4.79 Å². The third-order valence-electron chi connectivity index (χ3n) is 2.84. The molecule has 0 bridgehead atoms. The van der Waals surface area contributed by atoms with Gasteiger partial charge in [0.05, 0.1) is 12.1 Å². The van der Waals surface area contributed by atoms with E-state index in [0.29, 0.717) is 22.7 Å². The Kier molecular flexibility index (Phi) is 5.39. The summed E-state index contributed by atoms with van der Waals surface area (Å²) in [4.78, 5) is 12.2. The first kappa shape index (κ1) is 15.1. The fourth-order valence-electron chi connectivity index (χ4n) is 1.86. The summed E-state index contributed by atoms with van der Waals surface area (Å²) in [6.07, 6.45) is 0. The van der Waals surface area contributed by atoms with Crippen LogP contribution in [0.15, 0.2) is 48.5 Å². The molecule has 0 aromatic heterocycles. The largest absolute Gasteiger partial charge is 0.348 e. The minimum absolute atomic E-state index is 0.170. The molecule has 2 aromatic rings. The monoisotopic (exact) mass is 298 g/mol. The molecule has 0 fully saturated rings. The third-order valence-corrected chi connectivity index (χ3v) is 3.07. The van der Waals surface area contributed by atoms with E-state index < -0.39 is 0 Å². The number of halogens is 1. The Morgan fingerprint density at radius 2 is 2.00 bits per heavy atom. The highest BCUT2D eigenvalue weighted by Gasteiger charge is 2.09. The molecule has 2 rings (SSSR count). The van der Waals surface area contributed by atoms with Gasteiger partial charge in [-0.2, -0.15) is 0 Å². The third kappa shape index (κ3) is 4.35. The second kappa shape index (κ2) is 7.49. The number of nitrogens with two attached hydrogens (primary N) is 1. The van der Waals surface area contributed by atoms with Crippen LogP contribution in [0.5, 0.6) is 0 Å². The van der Waals surface area contributed by atoms with Crippen LogP contribution in [0.1, 0.15) is 21.5 Å². The maximum absolute atomic E-state index is 12.2. The van der Waals surface area contributed by atoms with Crippen molar-refractivity contribution in [3.8, 4) is 11.8 Å². The van der Waals surface area contributed by atoms with E-state index in [4.69, 9.17) is 17.3 Å².